The number of hydrogen-bond acceptors (Lipinski definition) is 6. The lowest BCUT2D eigenvalue weighted by atomic mass is 10.1. The van der Waals surface area contributed by atoms with Crippen molar-refractivity contribution in [2.45, 2.75) is 6.92 Å². The van der Waals surface area contributed by atoms with E-state index in [-0.39, 0.29) is 0 Å². The second-order valence-corrected chi connectivity index (χ2v) is 5.78. The summed E-state index contributed by atoms with van der Waals surface area (Å²) in [7, 11) is 0. The van der Waals surface area contributed by atoms with Gasteiger partial charge in [-0.25, -0.2) is 19.3 Å². The maximum atomic E-state index is 12.1. The van der Waals surface area contributed by atoms with Crippen LogP contribution in [0.3, 0.4) is 0 Å². The Labute approximate surface area is 155 Å². The first-order valence-electron chi connectivity index (χ1n) is 8.54. The summed E-state index contributed by atoms with van der Waals surface area (Å²) < 4.78 is 6.82. The van der Waals surface area contributed by atoms with Gasteiger partial charge in [0.1, 0.15) is 11.4 Å². The fourth-order valence-electron chi connectivity index (χ4n) is 2.74. The predicted octanol–water partition coefficient (Wildman–Crippen LogP) is 3.71. The summed E-state index contributed by atoms with van der Waals surface area (Å²) >= 11 is 0. The summed E-state index contributed by atoms with van der Waals surface area (Å²) in [6.07, 6.45) is 5.22. The number of imidazole rings is 1. The fourth-order valence-corrected chi connectivity index (χ4v) is 2.74. The maximum Gasteiger partial charge on any atom is 0.341 e. The van der Waals surface area contributed by atoms with E-state index in [1.165, 1.54) is 0 Å². The van der Waals surface area contributed by atoms with Gasteiger partial charge in [-0.05, 0) is 43.3 Å². The maximum absolute atomic E-state index is 12.1. The van der Waals surface area contributed by atoms with Gasteiger partial charge in [-0.3, -0.25) is 0 Å². The molecule has 0 radical (unpaired) electrons. The van der Waals surface area contributed by atoms with Crippen LogP contribution in [0, 0.1) is 0 Å². The second kappa shape index (κ2) is 7.25. The molecule has 0 saturated heterocycles. The number of aromatic nitrogens is 4. The Morgan fingerprint density at radius 2 is 2.04 bits per heavy atom. The van der Waals surface area contributed by atoms with E-state index in [9.17, 15) is 4.79 Å². The Bertz CT molecular complexity index is 1070. The molecule has 0 amide bonds. The molecule has 0 aliphatic carbocycles. The Morgan fingerprint density at radius 3 is 2.89 bits per heavy atom. The summed E-state index contributed by atoms with van der Waals surface area (Å²) in [5.41, 5.74) is 3.70. The predicted molar refractivity (Wildman–Crippen MR) is 102 cm³/mol. The molecular formula is C20H17N5O2. The summed E-state index contributed by atoms with van der Waals surface area (Å²) in [6.45, 7) is 2.08. The molecule has 7 nitrogen and oxygen atoms in total. The molecule has 0 fully saturated rings. The van der Waals surface area contributed by atoms with Crippen LogP contribution in [0.25, 0.3) is 16.9 Å². The standard InChI is InChI=1S/C20H17N5O2/c1-2-27-20(26)16-8-4-10-21-19(16)23-15-7-3-6-14(12-15)17-13-25-18(24-17)9-5-11-22-25/h3-13H,2H2,1H3,(H,21,23). The fraction of sp³-hybridized carbons (Fsp3) is 0.100. The van der Waals surface area contributed by atoms with Crippen molar-refractivity contribution in [2.24, 2.45) is 0 Å². The van der Waals surface area contributed by atoms with Crippen LogP contribution >= 0.6 is 0 Å². The van der Waals surface area contributed by atoms with Crippen molar-refractivity contribution in [1.29, 1.82) is 0 Å². The van der Waals surface area contributed by atoms with Crippen molar-refractivity contribution in [3.05, 3.63) is 72.7 Å². The minimum Gasteiger partial charge on any atom is -0.462 e. The zero-order valence-corrected chi connectivity index (χ0v) is 14.7. The van der Waals surface area contributed by atoms with Crippen molar-refractivity contribution in [3.8, 4) is 11.3 Å². The normalized spacial score (nSPS) is 10.7. The molecule has 1 N–H and O–H groups in total. The SMILES string of the molecule is CCOC(=O)c1cccnc1Nc1cccc(-c2cn3ncccc3n2)c1. The molecule has 27 heavy (non-hydrogen) atoms. The van der Waals surface area contributed by atoms with Crippen LogP contribution < -0.4 is 5.32 Å². The molecule has 4 rings (SSSR count). The quantitative estimate of drug-likeness (QED) is 0.547. The van der Waals surface area contributed by atoms with Crippen molar-refractivity contribution in [2.75, 3.05) is 11.9 Å². The number of benzene rings is 1. The van der Waals surface area contributed by atoms with E-state index in [0.29, 0.717) is 18.0 Å². The second-order valence-electron chi connectivity index (χ2n) is 5.78. The lowest BCUT2D eigenvalue weighted by Crippen LogP contribution is -2.09. The molecule has 0 unspecified atom stereocenters. The summed E-state index contributed by atoms with van der Waals surface area (Å²) in [5.74, 6) is 0.0421. The Morgan fingerprint density at radius 1 is 1.15 bits per heavy atom. The highest BCUT2D eigenvalue weighted by molar-refractivity contribution is 5.95. The third-order valence-corrected chi connectivity index (χ3v) is 3.96. The zero-order chi connectivity index (χ0) is 18.6. The minimum atomic E-state index is -0.407. The number of fused-ring (bicyclic) bond motifs is 1. The molecule has 0 atom stereocenters. The van der Waals surface area contributed by atoms with Gasteiger partial charge in [0, 0.05) is 23.6 Å². The van der Waals surface area contributed by atoms with Gasteiger partial charge < -0.3 is 10.1 Å². The van der Waals surface area contributed by atoms with Gasteiger partial charge in [-0.2, -0.15) is 5.10 Å². The number of pyridine rings is 1. The van der Waals surface area contributed by atoms with E-state index in [2.05, 4.69) is 20.4 Å². The minimum absolute atomic E-state index is 0.310. The van der Waals surface area contributed by atoms with Crippen LogP contribution in [-0.4, -0.2) is 32.2 Å². The van der Waals surface area contributed by atoms with Gasteiger partial charge in [-0.1, -0.05) is 12.1 Å². The molecule has 0 aliphatic heterocycles. The first-order valence-corrected chi connectivity index (χ1v) is 8.54. The zero-order valence-electron chi connectivity index (χ0n) is 14.7. The average Bonchev–Trinajstić information content (AvgIpc) is 3.13. The lowest BCUT2D eigenvalue weighted by molar-refractivity contribution is 0.0527. The number of carbonyl (C=O) groups excluding carboxylic acids is 1. The van der Waals surface area contributed by atoms with E-state index in [1.54, 1.807) is 36.0 Å². The highest BCUT2D eigenvalue weighted by Gasteiger charge is 2.14. The Hall–Kier alpha value is -3.74. The molecule has 0 bridgehead atoms. The monoisotopic (exact) mass is 359 g/mol. The van der Waals surface area contributed by atoms with Gasteiger partial charge in [-0.15, -0.1) is 0 Å². The van der Waals surface area contributed by atoms with E-state index in [0.717, 1.165) is 22.6 Å². The highest BCUT2D eigenvalue weighted by atomic mass is 16.5. The van der Waals surface area contributed by atoms with Crippen LogP contribution in [0.1, 0.15) is 17.3 Å². The molecule has 134 valence electrons. The van der Waals surface area contributed by atoms with Crippen LogP contribution in [-0.2, 0) is 4.74 Å². The first-order chi connectivity index (χ1) is 13.2. The number of hydrogen-bond donors (Lipinski definition) is 1. The number of esters is 1. The molecule has 0 spiro atoms. The third-order valence-electron chi connectivity index (χ3n) is 3.96. The topological polar surface area (TPSA) is 81.4 Å². The smallest absolute Gasteiger partial charge is 0.341 e. The summed E-state index contributed by atoms with van der Waals surface area (Å²) in [5, 5.41) is 7.44. The van der Waals surface area contributed by atoms with Crippen LogP contribution in [0.2, 0.25) is 0 Å². The molecule has 3 heterocycles. The number of nitrogens with zero attached hydrogens (tertiary/aromatic N) is 4. The number of ether oxygens (including phenoxy) is 1. The molecular weight excluding hydrogens is 342 g/mol. The van der Waals surface area contributed by atoms with Crippen molar-refractivity contribution in [1.82, 2.24) is 19.6 Å². The van der Waals surface area contributed by atoms with Gasteiger partial charge in [0.05, 0.1) is 18.5 Å². The Balaban J connectivity index is 1.65. The van der Waals surface area contributed by atoms with Gasteiger partial charge in [0.2, 0.25) is 0 Å². The van der Waals surface area contributed by atoms with Crippen molar-refractivity contribution in [3.63, 3.8) is 0 Å². The lowest BCUT2D eigenvalue weighted by Gasteiger charge is -2.10. The first kappa shape index (κ1) is 16.7. The number of anilines is 2. The van der Waals surface area contributed by atoms with Crippen LogP contribution in [0.15, 0.2) is 67.1 Å². The summed E-state index contributed by atoms with van der Waals surface area (Å²) in [6, 6.07) is 14.9. The highest BCUT2D eigenvalue weighted by Crippen LogP contribution is 2.25. The molecule has 4 aromatic rings. The average molecular weight is 359 g/mol. The van der Waals surface area contributed by atoms with Crippen LogP contribution in [0.4, 0.5) is 11.5 Å². The van der Waals surface area contributed by atoms with Gasteiger partial charge >= 0.3 is 5.97 Å². The number of carbonyl (C=O) groups is 1. The van der Waals surface area contributed by atoms with E-state index < -0.39 is 5.97 Å². The van der Waals surface area contributed by atoms with Crippen LogP contribution in [0.5, 0.6) is 0 Å². The number of nitrogens with one attached hydrogen (secondary N) is 1. The third kappa shape index (κ3) is 3.48. The summed E-state index contributed by atoms with van der Waals surface area (Å²) in [4.78, 5) is 21.0. The molecule has 3 aromatic heterocycles. The van der Waals surface area contributed by atoms with E-state index in [4.69, 9.17) is 4.74 Å². The van der Waals surface area contributed by atoms with Gasteiger partial charge in [0.15, 0.2) is 5.65 Å². The molecule has 0 saturated carbocycles. The van der Waals surface area contributed by atoms with Gasteiger partial charge in [0.25, 0.3) is 0 Å². The number of rotatable bonds is 5. The largest absolute Gasteiger partial charge is 0.462 e. The van der Waals surface area contributed by atoms with E-state index >= 15 is 0 Å². The molecule has 1 aromatic carbocycles. The van der Waals surface area contributed by atoms with Crippen molar-refractivity contribution < 1.29 is 9.53 Å². The molecule has 0 aliphatic rings. The molecule has 7 heteroatoms. The Kier molecular flexibility index (Phi) is 4.49. The van der Waals surface area contributed by atoms with Crippen molar-refractivity contribution >= 4 is 23.1 Å². The van der Waals surface area contributed by atoms with E-state index in [1.807, 2.05) is 42.6 Å².